The van der Waals surface area contributed by atoms with Gasteiger partial charge in [0, 0.05) is 17.2 Å². The highest BCUT2D eigenvalue weighted by Gasteiger charge is 2.26. The normalized spacial score (nSPS) is 15.5. The number of hydrogen-bond acceptors (Lipinski definition) is 6. The lowest BCUT2D eigenvalue weighted by molar-refractivity contribution is 0.432. The molecule has 6 heteroatoms. The zero-order valence-corrected chi connectivity index (χ0v) is 15.1. The predicted octanol–water partition coefficient (Wildman–Crippen LogP) is 3.97. The first-order valence-corrected chi connectivity index (χ1v) is 9.14. The second kappa shape index (κ2) is 7.22. The molecule has 0 spiro atoms. The van der Waals surface area contributed by atoms with Crippen molar-refractivity contribution in [3.63, 3.8) is 0 Å². The summed E-state index contributed by atoms with van der Waals surface area (Å²) in [5, 5.41) is 26.5. The molecule has 0 radical (unpaired) electrons. The number of aromatic nitrogens is 2. The maximum atomic E-state index is 9.66. The minimum Gasteiger partial charge on any atom is -0.507 e. The van der Waals surface area contributed by atoms with Gasteiger partial charge in [-0.1, -0.05) is 30.3 Å². The van der Waals surface area contributed by atoms with Crippen LogP contribution in [0.15, 0.2) is 40.9 Å². The second-order valence-electron chi connectivity index (χ2n) is 6.69. The summed E-state index contributed by atoms with van der Waals surface area (Å²) in [6.45, 7) is 3.17. The van der Waals surface area contributed by atoms with Crippen molar-refractivity contribution in [2.45, 2.75) is 32.2 Å². The summed E-state index contributed by atoms with van der Waals surface area (Å²) in [4.78, 5) is 4.53. The lowest BCUT2D eigenvalue weighted by atomic mass is 10.0. The van der Waals surface area contributed by atoms with E-state index in [9.17, 15) is 5.11 Å². The van der Waals surface area contributed by atoms with Gasteiger partial charge in [0.15, 0.2) is 0 Å². The Hall–Kier alpha value is -3.17. The van der Waals surface area contributed by atoms with E-state index in [1.165, 1.54) is 17.2 Å². The van der Waals surface area contributed by atoms with Crippen molar-refractivity contribution in [1.82, 2.24) is 15.5 Å². The first-order chi connectivity index (χ1) is 13.2. The molecule has 0 bridgehead atoms. The number of phenolic OH excluding ortho intramolecular Hbond substituents is 1. The molecule has 2 N–H and O–H groups in total. The summed E-state index contributed by atoms with van der Waals surface area (Å²) in [5.74, 6) is 0.815. The lowest BCUT2D eigenvalue weighted by Crippen LogP contribution is -2.19. The summed E-state index contributed by atoms with van der Waals surface area (Å²) in [5.41, 5.74) is 4.35. The number of fused-ring (bicyclic) bond motifs is 1. The highest BCUT2D eigenvalue weighted by atomic mass is 16.5. The van der Waals surface area contributed by atoms with Gasteiger partial charge in [-0.15, -0.1) is 0 Å². The largest absolute Gasteiger partial charge is 0.507 e. The molecule has 0 aliphatic heterocycles. The van der Waals surface area contributed by atoms with E-state index in [2.05, 4.69) is 28.4 Å². The number of hydrogen-bond donors (Lipinski definition) is 2. The van der Waals surface area contributed by atoms with Crippen molar-refractivity contribution in [3.05, 3.63) is 53.1 Å². The highest BCUT2D eigenvalue weighted by molar-refractivity contribution is 5.67. The molecule has 27 heavy (non-hydrogen) atoms. The first kappa shape index (κ1) is 17.3. The van der Waals surface area contributed by atoms with Crippen LogP contribution in [0.4, 0.5) is 0 Å². The quantitative estimate of drug-likeness (QED) is 0.715. The Morgan fingerprint density at radius 2 is 2.22 bits per heavy atom. The Labute approximate surface area is 157 Å². The van der Waals surface area contributed by atoms with E-state index in [0.717, 1.165) is 31.4 Å². The molecule has 1 aliphatic carbocycles. The van der Waals surface area contributed by atoms with Crippen LogP contribution in [0.1, 0.15) is 42.5 Å². The second-order valence-corrected chi connectivity index (χ2v) is 6.69. The maximum absolute atomic E-state index is 9.66. The Kier molecular flexibility index (Phi) is 4.61. The van der Waals surface area contributed by atoms with E-state index in [-0.39, 0.29) is 11.3 Å². The first-order valence-electron chi connectivity index (χ1n) is 9.14. The Bertz CT molecular complexity index is 1020. The van der Waals surface area contributed by atoms with Crippen LogP contribution < -0.4 is 5.32 Å². The van der Waals surface area contributed by atoms with E-state index < -0.39 is 0 Å². The van der Waals surface area contributed by atoms with Crippen molar-refractivity contribution in [1.29, 1.82) is 5.26 Å². The molecule has 1 aromatic heterocycles. The molecule has 2 aromatic carbocycles. The van der Waals surface area contributed by atoms with Crippen molar-refractivity contribution in [2.24, 2.45) is 0 Å². The fourth-order valence-electron chi connectivity index (χ4n) is 3.60. The van der Waals surface area contributed by atoms with E-state index in [1.807, 2.05) is 18.2 Å². The standard InChI is InChI=1S/C21H20N4O2/c1-2-10-23-18-8-7-15-16(18)4-3-5-17(15)20-24-21(27-25-20)13-6-9-19(26)14(11-13)12-22/h3-6,9,11,18,23,26H,2,7-8,10H2,1H3. The van der Waals surface area contributed by atoms with Crippen LogP contribution in [-0.4, -0.2) is 21.8 Å². The Morgan fingerprint density at radius 3 is 3.04 bits per heavy atom. The molecular weight excluding hydrogens is 340 g/mol. The van der Waals surface area contributed by atoms with Crippen LogP contribution in [-0.2, 0) is 6.42 Å². The molecule has 1 aliphatic rings. The number of phenols is 1. The van der Waals surface area contributed by atoms with Crippen LogP contribution in [0, 0.1) is 11.3 Å². The molecule has 3 aromatic rings. The third-order valence-electron chi connectivity index (χ3n) is 4.94. The summed E-state index contributed by atoms with van der Waals surface area (Å²) >= 11 is 0. The van der Waals surface area contributed by atoms with E-state index in [0.29, 0.717) is 23.3 Å². The van der Waals surface area contributed by atoms with Crippen molar-refractivity contribution in [3.8, 4) is 34.7 Å². The summed E-state index contributed by atoms with van der Waals surface area (Å²) in [6, 6.07) is 13.2. The molecule has 0 amide bonds. The molecular formula is C21H20N4O2. The van der Waals surface area contributed by atoms with Crippen molar-refractivity contribution >= 4 is 0 Å². The third kappa shape index (κ3) is 3.18. The molecule has 0 fully saturated rings. The van der Waals surface area contributed by atoms with Gasteiger partial charge < -0.3 is 14.9 Å². The van der Waals surface area contributed by atoms with Gasteiger partial charge in [-0.3, -0.25) is 0 Å². The molecule has 0 saturated heterocycles. The van der Waals surface area contributed by atoms with Gasteiger partial charge in [-0.2, -0.15) is 10.2 Å². The van der Waals surface area contributed by atoms with Crippen LogP contribution in [0.2, 0.25) is 0 Å². The SMILES string of the molecule is CCCNC1CCc2c(-c3noc(-c4ccc(O)c(C#N)c4)n3)cccc21. The summed E-state index contributed by atoms with van der Waals surface area (Å²) in [7, 11) is 0. The van der Waals surface area contributed by atoms with Gasteiger partial charge in [0.25, 0.3) is 5.89 Å². The highest BCUT2D eigenvalue weighted by Crippen LogP contribution is 2.37. The minimum absolute atomic E-state index is 0.0625. The molecule has 0 saturated carbocycles. The molecule has 6 nitrogen and oxygen atoms in total. The van der Waals surface area contributed by atoms with Crippen LogP contribution in [0.25, 0.3) is 22.8 Å². The number of aromatic hydroxyl groups is 1. The van der Waals surface area contributed by atoms with Gasteiger partial charge in [-0.05, 0) is 55.1 Å². The van der Waals surface area contributed by atoms with Gasteiger partial charge in [0.05, 0.1) is 5.56 Å². The van der Waals surface area contributed by atoms with E-state index in [1.54, 1.807) is 12.1 Å². The number of nitrogens with zero attached hydrogens (tertiary/aromatic N) is 3. The average Bonchev–Trinajstić information content (AvgIpc) is 3.34. The topological polar surface area (TPSA) is 95.0 Å². The zero-order chi connectivity index (χ0) is 18.8. The summed E-state index contributed by atoms with van der Waals surface area (Å²) in [6.07, 6.45) is 3.16. The van der Waals surface area contributed by atoms with Crippen LogP contribution >= 0.6 is 0 Å². The molecule has 136 valence electrons. The molecule has 1 heterocycles. The smallest absolute Gasteiger partial charge is 0.258 e. The van der Waals surface area contributed by atoms with Gasteiger partial charge in [-0.25, -0.2) is 0 Å². The number of nitrogens with one attached hydrogen (secondary N) is 1. The fraction of sp³-hybridized carbons (Fsp3) is 0.286. The Balaban J connectivity index is 1.67. The molecule has 4 rings (SSSR count). The van der Waals surface area contributed by atoms with Crippen LogP contribution in [0.5, 0.6) is 5.75 Å². The fourth-order valence-corrected chi connectivity index (χ4v) is 3.60. The average molecular weight is 360 g/mol. The predicted molar refractivity (Wildman–Crippen MR) is 101 cm³/mol. The van der Waals surface area contributed by atoms with E-state index in [4.69, 9.17) is 9.78 Å². The van der Waals surface area contributed by atoms with Crippen molar-refractivity contribution < 1.29 is 9.63 Å². The van der Waals surface area contributed by atoms with E-state index >= 15 is 0 Å². The molecule has 1 unspecified atom stereocenters. The molecule has 1 atom stereocenters. The van der Waals surface area contributed by atoms with Gasteiger partial charge >= 0.3 is 0 Å². The lowest BCUT2D eigenvalue weighted by Gasteiger charge is -2.13. The summed E-state index contributed by atoms with van der Waals surface area (Å²) < 4.78 is 5.43. The van der Waals surface area contributed by atoms with Gasteiger partial charge in [0.1, 0.15) is 11.8 Å². The monoisotopic (exact) mass is 360 g/mol. The number of rotatable bonds is 5. The number of nitriles is 1. The zero-order valence-electron chi connectivity index (χ0n) is 15.1. The minimum atomic E-state index is -0.0625. The van der Waals surface area contributed by atoms with Crippen LogP contribution in [0.3, 0.4) is 0 Å². The van der Waals surface area contributed by atoms with Crippen molar-refractivity contribution in [2.75, 3.05) is 6.54 Å². The maximum Gasteiger partial charge on any atom is 0.258 e. The number of benzene rings is 2. The van der Waals surface area contributed by atoms with Gasteiger partial charge in [0.2, 0.25) is 5.82 Å². The Morgan fingerprint density at radius 1 is 1.33 bits per heavy atom. The third-order valence-corrected chi connectivity index (χ3v) is 4.94.